The summed E-state index contributed by atoms with van der Waals surface area (Å²) >= 11 is 19.0. The highest BCUT2D eigenvalue weighted by Gasteiger charge is 2.36. The van der Waals surface area contributed by atoms with E-state index < -0.39 is 14.1 Å². The minimum absolute atomic E-state index is 0.103. The molecule has 0 radical (unpaired) electrons. The minimum Gasteiger partial charge on any atom is -0.416 e. The molecule has 2 N–H and O–H groups in total. The molecule has 0 amide bonds. The first kappa shape index (κ1) is 28.8. The summed E-state index contributed by atoms with van der Waals surface area (Å²) in [7, 11) is -1.76. The molecule has 0 atom stereocenters. The molecule has 0 spiro atoms. The van der Waals surface area contributed by atoms with E-state index in [0.29, 0.717) is 58.5 Å². The van der Waals surface area contributed by atoms with Gasteiger partial charge in [0.15, 0.2) is 20.0 Å². The van der Waals surface area contributed by atoms with Gasteiger partial charge < -0.3 is 15.1 Å². The van der Waals surface area contributed by atoms with Gasteiger partial charge in [0.1, 0.15) is 5.15 Å². The Morgan fingerprint density at radius 3 is 2.36 bits per heavy atom. The van der Waals surface area contributed by atoms with Crippen molar-refractivity contribution in [1.29, 1.82) is 0 Å². The van der Waals surface area contributed by atoms with Crippen molar-refractivity contribution in [2.24, 2.45) is 0 Å². The summed E-state index contributed by atoms with van der Waals surface area (Å²) in [6.07, 6.45) is 3.65. The molecule has 0 aliphatic carbocycles. The highest BCUT2D eigenvalue weighted by atomic mass is 35.5. The third-order valence-electron chi connectivity index (χ3n) is 6.48. The van der Waals surface area contributed by atoms with Crippen LogP contribution in [0.1, 0.15) is 26.3 Å². The Hall–Kier alpha value is -1.74. The van der Waals surface area contributed by atoms with Crippen LogP contribution in [0, 0.1) is 5.82 Å². The van der Waals surface area contributed by atoms with Gasteiger partial charge in [-0.3, -0.25) is 0 Å². The Kier molecular flexibility index (Phi) is 9.77. The van der Waals surface area contributed by atoms with Gasteiger partial charge in [0.25, 0.3) is 0 Å². The molecule has 5 nitrogen and oxygen atoms in total. The molecular weight excluding hydrogens is 538 g/mol. The maximum absolute atomic E-state index is 15.2. The zero-order chi connectivity index (χ0) is 26.5. The van der Waals surface area contributed by atoms with Gasteiger partial charge in [-0.2, -0.15) is 0 Å². The third kappa shape index (κ3) is 6.97. The lowest BCUT2D eigenvalue weighted by atomic mass is 10.1. The van der Waals surface area contributed by atoms with E-state index in [1.807, 2.05) is 6.07 Å². The van der Waals surface area contributed by atoms with Crippen LogP contribution in [-0.4, -0.2) is 38.0 Å². The molecule has 10 heteroatoms. The van der Waals surface area contributed by atoms with Crippen molar-refractivity contribution in [1.82, 2.24) is 15.3 Å². The van der Waals surface area contributed by atoms with Crippen LogP contribution in [0.25, 0.3) is 11.1 Å². The van der Waals surface area contributed by atoms with Crippen LogP contribution in [-0.2, 0) is 10.8 Å². The van der Waals surface area contributed by atoms with Crippen molar-refractivity contribution in [2.45, 2.75) is 45.3 Å². The molecule has 194 valence electrons. The van der Waals surface area contributed by atoms with Crippen LogP contribution < -0.4 is 10.6 Å². The number of nitrogens with one attached hydrogen (secondary N) is 2. The summed E-state index contributed by atoms with van der Waals surface area (Å²) in [6.45, 7) is 13.1. The molecule has 2 heterocycles. The number of pyridine rings is 2. The lowest BCUT2D eigenvalue weighted by Crippen LogP contribution is -2.42. The molecule has 0 aliphatic rings. The first-order valence-electron chi connectivity index (χ1n) is 11.8. The first-order valence-corrected chi connectivity index (χ1v) is 15.8. The fourth-order valence-electron chi connectivity index (χ4n) is 3.30. The van der Waals surface area contributed by atoms with Gasteiger partial charge in [0.05, 0.1) is 15.7 Å². The van der Waals surface area contributed by atoms with Crippen LogP contribution >= 0.6 is 34.8 Å². The number of hydrogen-bond donors (Lipinski definition) is 2. The second-order valence-corrected chi connectivity index (χ2v) is 15.9. The number of hydrogen-bond acceptors (Lipinski definition) is 5. The Morgan fingerprint density at radius 2 is 1.64 bits per heavy atom. The van der Waals surface area contributed by atoms with Gasteiger partial charge in [0.2, 0.25) is 0 Å². The summed E-state index contributed by atoms with van der Waals surface area (Å²) in [6, 6.07) is 8.77. The van der Waals surface area contributed by atoms with Gasteiger partial charge in [-0.15, -0.1) is 0 Å². The number of nitrogens with zero attached hydrogens (tertiary/aromatic N) is 2. The maximum atomic E-state index is 15.2. The summed E-state index contributed by atoms with van der Waals surface area (Å²) in [5.74, 6) is -0.310. The fraction of sp³-hybridized carbons (Fsp3) is 0.385. The maximum Gasteiger partial charge on any atom is 0.192 e. The average molecular weight is 570 g/mol. The molecule has 0 saturated heterocycles. The molecule has 0 aliphatic heterocycles. The minimum atomic E-state index is -1.76. The van der Waals surface area contributed by atoms with E-state index in [2.05, 4.69) is 54.5 Å². The van der Waals surface area contributed by atoms with Crippen LogP contribution in [0.3, 0.4) is 0 Å². The number of anilines is 2. The quantitative estimate of drug-likeness (QED) is 0.147. The Labute approximate surface area is 228 Å². The second-order valence-electron chi connectivity index (χ2n) is 10.00. The van der Waals surface area contributed by atoms with Crippen LogP contribution in [0.2, 0.25) is 33.3 Å². The van der Waals surface area contributed by atoms with Crippen molar-refractivity contribution < 1.29 is 8.82 Å². The summed E-state index contributed by atoms with van der Waals surface area (Å²) in [5.41, 5.74) is 2.34. The fourth-order valence-corrected chi connectivity index (χ4v) is 4.99. The topological polar surface area (TPSA) is 59.1 Å². The van der Waals surface area contributed by atoms with Crippen molar-refractivity contribution >= 4 is 54.6 Å². The van der Waals surface area contributed by atoms with Crippen molar-refractivity contribution in [3.63, 3.8) is 0 Å². The van der Waals surface area contributed by atoms with E-state index in [0.717, 1.165) is 0 Å². The van der Waals surface area contributed by atoms with Gasteiger partial charge >= 0.3 is 0 Å². The molecule has 36 heavy (non-hydrogen) atoms. The standard InChI is InChI=1S/C26H32Cl3FN4OSi/c1-26(2,3)36(4,5)35-16-15-31-12-9-17-10-13-33-25(23(17)30)34-20-8-6-7-18(21(20)27)19-11-14-32-24(29)22(19)28/h6-8,10-11,13-14,31H,9,12,15-16H2,1-5H3,(H,33,34). The molecule has 2 aromatic heterocycles. The van der Waals surface area contributed by atoms with E-state index in [1.54, 1.807) is 36.7 Å². The molecule has 0 bridgehead atoms. The molecular formula is C26H32Cl3FN4OSi. The van der Waals surface area contributed by atoms with Crippen molar-refractivity contribution in [2.75, 3.05) is 25.0 Å². The lowest BCUT2D eigenvalue weighted by molar-refractivity contribution is 0.286. The molecule has 0 unspecified atom stereocenters. The molecule has 3 aromatic rings. The predicted octanol–water partition coefficient (Wildman–Crippen LogP) is 8.14. The number of aromatic nitrogens is 2. The average Bonchev–Trinajstić information content (AvgIpc) is 2.81. The van der Waals surface area contributed by atoms with Gasteiger partial charge in [-0.1, -0.05) is 67.7 Å². The van der Waals surface area contributed by atoms with Crippen LogP contribution in [0.15, 0.2) is 42.7 Å². The van der Waals surface area contributed by atoms with Crippen molar-refractivity contribution in [3.05, 3.63) is 69.3 Å². The monoisotopic (exact) mass is 568 g/mol. The Morgan fingerprint density at radius 1 is 0.944 bits per heavy atom. The molecule has 0 saturated carbocycles. The predicted molar refractivity (Wildman–Crippen MR) is 152 cm³/mol. The van der Waals surface area contributed by atoms with Gasteiger partial charge in [-0.05, 0) is 54.9 Å². The van der Waals surface area contributed by atoms with Gasteiger partial charge in [-0.25, -0.2) is 14.4 Å². The van der Waals surface area contributed by atoms with E-state index in [1.165, 1.54) is 0 Å². The molecule has 0 fully saturated rings. The van der Waals surface area contributed by atoms with Crippen LogP contribution in [0.5, 0.6) is 0 Å². The molecule has 1 aromatic carbocycles. The highest BCUT2D eigenvalue weighted by Crippen LogP contribution is 2.40. The largest absolute Gasteiger partial charge is 0.416 e. The second kappa shape index (κ2) is 12.2. The van der Waals surface area contributed by atoms with Gasteiger partial charge in [0, 0.05) is 36.7 Å². The van der Waals surface area contributed by atoms with E-state index in [9.17, 15) is 0 Å². The number of halogens is 4. The Balaban J connectivity index is 1.64. The summed E-state index contributed by atoms with van der Waals surface area (Å²) in [4.78, 5) is 8.15. The summed E-state index contributed by atoms with van der Waals surface area (Å²) < 4.78 is 21.4. The highest BCUT2D eigenvalue weighted by molar-refractivity contribution is 6.74. The SMILES string of the molecule is CC(C)(C)[Si](C)(C)OCCNCCc1ccnc(Nc2cccc(-c3ccnc(Cl)c3Cl)c2Cl)c1F. The normalized spacial score (nSPS) is 12.1. The summed E-state index contributed by atoms with van der Waals surface area (Å²) in [5, 5.41) is 7.39. The van der Waals surface area contributed by atoms with Crippen LogP contribution in [0.4, 0.5) is 15.9 Å². The molecule has 3 rings (SSSR count). The van der Waals surface area contributed by atoms with E-state index >= 15 is 4.39 Å². The van der Waals surface area contributed by atoms with E-state index in [4.69, 9.17) is 39.2 Å². The van der Waals surface area contributed by atoms with E-state index in [-0.39, 0.29) is 16.0 Å². The third-order valence-corrected chi connectivity index (χ3v) is 12.2. The first-order chi connectivity index (χ1) is 16.9. The smallest absolute Gasteiger partial charge is 0.192 e. The Bertz CT molecular complexity index is 1200. The number of rotatable bonds is 10. The van der Waals surface area contributed by atoms with Crippen molar-refractivity contribution in [3.8, 4) is 11.1 Å². The zero-order valence-corrected chi connectivity index (χ0v) is 24.5. The number of benzene rings is 1. The lowest BCUT2D eigenvalue weighted by Gasteiger charge is -2.36. The zero-order valence-electron chi connectivity index (χ0n) is 21.2.